The van der Waals surface area contributed by atoms with E-state index in [4.69, 9.17) is 28.8 Å². The van der Waals surface area contributed by atoms with Crippen LogP contribution in [-0.2, 0) is 33.3 Å². The summed E-state index contributed by atoms with van der Waals surface area (Å²) in [6.45, 7) is 37.8. The Kier molecular flexibility index (Phi) is 14.6. The van der Waals surface area contributed by atoms with Crippen molar-refractivity contribution >= 4 is 70.1 Å². The second-order valence-electron chi connectivity index (χ2n) is 8.83. The molecule has 2 aliphatic heterocycles. The van der Waals surface area contributed by atoms with Gasteiger partial charge in [0, 0.05) is 6.55 Å². The van der Waals surface area contributed by atoms with Crippen LogP contribution in [0.2, 0.25) is 52.4 Å². The minimum atomic E-state index is -2.69. The Morgan fingerprint density at radius 2 is 1.08 bits per heavy atom. The average Bonchev–Trinajstić information content (AvgIpc) is 2.78. The maximum atomic E-state index is 9.88. The Hall–Kier alpha value is -0.305. The maximum absolute atomic E-state index is 9.88. The smallest absolute Gasteiger partial charge is 0.416 e. The minimum absolute atomic E-state index is 1.36. The molecule has 0 aromatic carbocycles. The zero-order valence-corrected chi connectivity index (χ0v) is 31.4. The maximum Gasteiger partial charge on any atom is 0.469 e. The molecule has 0 bridgehead atoms. The van der Waals surface area contributed by atoms with Gasteiger partial charge in [0.2, 0.25) is 0 Å². The van der Waals surface area contributed by atoms with E-state index in [0.29, 0.717) is 0 Å². The van der Waals surface area contributed by atoms with E-state index in [1.54, 1.807) is 17.9 Å². The molecule has 0 saturated carbocycles. The monoisotopic (exact) mass is 636 g/mol. The van der Waals surface area contributed by atoms with Crippen LogP contribution in [0.15, 0.2) is 73.7 Å². The summed E-state index contributed by atoms with van der Waals surface area (Å²) >= 11 is 0. The van der Waals surface area contributed by atoms with Gasteiger partial charge in [-0.25, -0.2) is 0 Å². The van der Waals surface area contributed by atoms with Crippen molar-refractivity contribution in [3.05, 3.63) is 73.7 Å². The Balaban J connectivity index is 0.000000593. The Labute approximate surface area is 228 Å². The van der Waals surface area contributed by atoms with Gasteiger partial charge in [0.05, 0.1) is 0 Å². The molecular formula is C20H44O8Si8. The summed E-state index contributed by atoms with van der Waals surface area (Å²) in [5.41, 5.74) is 10.5. The van der Waals surface area contributed by atoms with Gasteiger partial charge < -0.3 is 33.3 Å². The SMILES string of the molecule is C=C[SiH](C)O[Si]1(C)O[Si](C)(C=C)O[Si](C)(C=C)O1.C=C[Si](C)=O.C=C[Si]1(C)O[SiH](C)O[Si](C)(C=C)O1. The zero-order chi connectivity index (χ0) is 28.4. The molecule has 2 heterocycles. The summed E-state index contributed by atoms with van der Waals surface area (Å²) in [5.74, 6) is 0. The highest BCUT2D eigenvalue weighted by Gasteiger charge is 2.56. The molecule has 0 radical (unpaired) electrons. The van der Waals surface area contributed by atoms with Crippen molar-refractivity contribution in [2.45, 2.75) is 52.4 Å². The third-order valence-electron chi connectivity index (χ3n) is 4.89. The molecule has 2 aliphatic rings. The highest BCUT2D eigenvalue weighted by atomic mass is 28.5. The van der Waals surface area contributed by atoms with Crippen LogP contribution >= 0.6 is 0 Å². The predicted molar refractivity (Wildman–Crippen MR) is 165 cm³/mol. The molecule has 2 fully saturated rings. The van der Waals surface area contributed by atoms with Gasteiger partial charge in [-0.1, -0.05) is 28.5 Å². The Morgan fingerprint density at radius 1 is 0.750 bits per heavy atom. The lowest BCUT2D eigenvalue weighted by molar-refractivity contribution is 0.180. The predicted octanol–water partition coefficient (Wildman–Crippen LogP) is 4.57. The van der Waals surface area contributed by atoms with Crippen LogP contribution in [0, 0.1) is 0 Å². The third kappa shape index (κ3) is 12.0. The lowest BCUT2D eigenvalue weighted by Crippen LogP contribution is -2.68. The van der Waals surface area contributed by atoms with Crippen LogP contribution in [0.25, 0.3) is 0 Å². The summed E-state index contributed by atoms with van der Waals surface area (Å²) in [7, 11) is -16.2. The lowest BCUT2D eigenvalue weighted by atomic mass is 11.3. The number of hydrogen-bond acceptors (Lipinski definition) is 8. The molecule has 2 rings (SSSR count). The molecule has 0 amide bonds. The summed E-state index contributed by atoms with van der Waals surface area (Å²) in [6, 6.07) is 0. The summed E-state index contributed by atoms with van der Waals surface area (Å²) < 4.78 is 51.3. The van der Waals surface area contributed by atoms with Crippen LogP contribution < -0.4 is 0 Å². The molecule has 204 valence electrons. The first-order valence-electron chi connectivity index (χ1n) is 11.5. The quantitative estimate of drug-likeness (QED) is 0.359. The first kappa shape index (κ1) is 35.7. The topological polar surface area (TPSA) is 81.7 Å². The molecule has 0 aromatic rings. The molecular weight excluding hydrogens is 593 g/mol. The van der Waals surface area contributed by atoms with Gasteiger partial charge in [-0.2, -0.15) is 0 Å². The van der Waals surface area contributed by atoms with E-state index in [1.807, 2.05) is 62.9 Å². The van der Waals surface area contributed by atoms with Gasteiger partial charge in [0.15, 0.2) is 9.04 Å². The van der Waals surface area contributed by atoms with Gasteiger partial charge in [-0.3, -0.25) is 0 Å². The van der Waals surface area contributed by atoms with Crippen LogP contribution in [0.1, 0.15) is 0 Å². The fourth-order valence-electron chi connectivity index (χ4n) is 3.11. The summed E-state index contributed by atoms with van der Waals surface area (Å²) in [4.78, 5) is 0. The van der Waals surface area contributed by atoms with Crippen LogP contribution in [0.5, 0.6) is 0 Å². The van der Waals surface area contributed by atoms with E-state index in [9.17, 15) is 4.46 Å². The van der Waals surface area contributed by atoms with Crippen molar-refractivity contribution < 1.29 is 33.3 Å². The van der Waals surface area contributed by atoms with E-state index in [0.717, 1.165) is 0 Å². The molecule has 0 N–H and O–H groups in total. The van der Waals surface area contributed by atoms with Crippen LogP contribution in [0.4, 0.5) is 0 Å². The van der Waals surface area contributed by atoms with Crippen molar-refractivity contribution in [3.63, 3.8) is 0 Å². The van der Waals surface area contributed by atoms with E-state index >= 15 is 0 Å². The molecule has 0 aliphatic carbocycles. The lowest BCUT2D eigenvalue weighted by Gasteiger charge is -2.47. The molecule has 16 heteroatoms. The van der Waals surface area contributed by atoms with E-state index in [2.05, 4.69) is 39.5 Å². The highest BCUT2D eigenvalue weighted by Crippen LogP contribution is 2.32. The van der Waals surface area contributed by atoms with Gasteiger partial charge in [0.1, 0.15) is 0 Å². The van der Waals surface area contributed by atoms with Gasteiger partial charge >= 0.3 is 52.3 Å². The normalized spacial score (nSPS) is 38.4. The summed E-state index contributed by atoms with van der Waals surface area (Å²) in [5, 5.41) is 0. The molecule has 0 spiro atoms. The van der Waals surface area contributed by atoms with Crippen LogP contribution in [0.3, 0.4) is 0 Å². The second kappa shape index (κ2) is 14.7. The van der Waals surface area contributed by atoms with Crippen molar-refractivity contribution in [1.29, 1.82) is 0 Å². The van der Waals surface area contributed by atoms with E-state index < -0.39 is 70.1 Å². The molecule has 5 atom stereocenters. The van der Waals surface area contributed by atoms with Crippen molar-refractivity contribution in [2.24, 2.45) is 0 Å². The van der Waals surface area contributed by atoms with Gasteiger partial charge in [-0.15, -0.1) is 39.5 Å². The molecule has 2 saturated heterocycles. The van der Waals surface area contributed by atoms with E-state index in [1.165, 1.54) is 5.70 Å². The largest absolute Gasteiger partial charge is 0.469 e. The number of hydrogen-bond donors (Lipinski definition) is 0. The fraction of sp³-hybridized carbons (Fsp3) is 0.400. The molecule has 0 aromatic heterocycles. The van der Waals surface area contributed by atoms with Crippen LogP contribution in [-0.4, -0.2) is 70.1 Å². The molecule has 5 unspecified atom stereocenters. The van der Waals surface area contributed by atoms with E-state index in [-0.39, 0.29) is 0 Å². The minimum Gasteiger partial charge on any atom is -0.416 e. The third-order valence-corrected chi connectivity index (χ3v) is 31.4. The van der Waals surface area contributed by atoms with Crippen molar-refractivity contribution in [2.75, 3.05) is 0 Å². The standard InChI is InChI=1S/C10H22O4Si4.C7H16O3Si3.C3H6OSi/c1-8-15(4)11-18(7)13-16(5,9-2)12-17(6,10-3)14-18;1-6-12(4)8-11(3)9-13(5,7-2)10-12;1-3-5(2)4/h8-10,15H,1-3H2,4-7H3;6-7,11H,1-2H2,3-5H3;3H,1H2,2H3. The first-order valence-corrected chi connectivity index (χ1v) is 29.7. The van der Waals surface area contributed by atoms with Crippen molar-refractivity contribution in [3.8, 4) is 0 Å². The molecule has 36 heavy (non-hydrogen) atoms. The number of rotatable bonds is 8. The Bertz CT molecular complexity index is 803. The second-order valence-corrected chi connectivity index (χ2v) is 31.1. The first-order chi connectivity index (χ1) is 16.4. The Morgan fingerprint density at radius 3 is 1.36 bits per heavy atom. The fourth-order valence-corrected chi connectivity index (χ4v) is 31.3. The van der Waals surface area contributed by atoms with Gasteiger partial charge in [-0.05, 0) is 51.5 Å². The highest BCUT2D eigenvalue weighted by molar-refractivity contribution is 6.96. The molecule has 8 nitrogen and oxygen atoms in total. The van der Waals surface area contributed by atoms with Crippen molar-refractivity contribution in [1.82, 2.24) is 0 Å². The van der Waals surface area contributed by atoms with Gasteiger partial charge in [0.25, 0.3) is 8.68 Å². The summed E-state index contributed by atoms with van der Waals surface area (Å²) in [6.07, 6.45) is 0. The zero-order valence-electron chi connectivity index (χ0n) is 23.1. The average molecular weight is 637 g/mol.